The molecule has 108 valence electrons. The first kappa shape index (κ1) is 14.5. The molecule has 0 bridgehead atoms. The zero-order valence-electron chi connectivity index (χ0n) is 12.4. The number of aryl methyl sites for hydroxylation is 1. The minimum atomic E-state index is 0.367. The molecule has 0 saturated carbocycles. The second-order valence-corrected chi connectivity index (χ2v) is 5.28. The Bertz CT molecular complexity index is 377. The lowest BCUT2D eigenvalue weighted by Crippen LogP contribution is -2.34. The van der Waals surface area contributed by atoms with Crippen LogP contribution in [0.15, 0.2) is 12.3 Å². The Morgan fingerprint density at radius 2 is 2.32 bits per heavy atom. The van der Waals surface area contributed by atoms with Gasteiger partial charge in [0.05, 0.1) is 17.8 Å². The van der Waals surface area contributed by atoms with Crippen molar-refractivity contribution in [3.05, 3.63) is 18.0 Å². The molecule has 1 aromatic heterocycles. The lowest BCUT2D eigenvalue weighted by Gasteiger charge is -2.28. The summed E-state index contributed by atoms with van der Waals surface area (Å²) in [4.78, 5) is 0. The van der Waals surface area contributed by atoms with Crippen LogP contribution in [0.5, 0.6) is 0 Å². The first-order chi connectivity index (χ1) is 9.31. The summed E-state index contributed by atoms with van der Waals surface area (Å²) < 4.78 is 8.02. The van der Waals surface area contributed by atoms with Crippen LogP contribution in [0.4, 0.5) is 0 Å². The van der Waals surface area contributed by atoms with E-state index in [1.54, 1.807) is 0 Å². The quantitative estimate of drug-likeness (QED) is 0.824. The lowest BCUT2D eigenvalue weighted by molar-refractivity contribution is 0.0765. The molecule has 3 unspecified atom stereocenters. The van der Waals surface area contributed by atoms with Crippen molar-refractivity contribution in [1.29, 1.82) is 0 Å². The molecule has 3 atom stereocenters. The van der Waals surface area contributed by atoms with E-state index in [1.807, 2.05) is 6.20 Å². The third-order valence-corrected chi connectivity index (χ3v) is 4.02. The number of hydrogen-bond acceptors (Lipinski definition) is 3. The third kappa shape index (κ3) is 3.18. The number of rotatable bonds is 7. The van der Waals surface area contributed by atoms with Crippen LogP contribution in [0.3, 0.4) is 0 Å². The van der Waals surface area contributed by atoms with Crippen molar-refractivity contribution in [3.8, 4) is 0 Å². The van der Waals surface area contributed by atoms with Crippen LogP contribution in [-0.2, 0) is 11.3 Å². The van der Waals surface area contributed by atoms with E-state index in [0.29, 0.717) is 18.1 Å². The number of nitrogens with one attached hydrogen (secondary N) is 1. The predicted molar refractivity (Wildman–Crippen MR) is 77.1 cm³/mol. The molecule has 1 aromatic rings. The van der Waals surface area contributed by atoms with Crippen molar-refractivity contribution in [2.45, 2.75) is 58.7 Å². The van der Waals surface area contributed by atoms with Crippen LogP contribution < -0.4 is 5.32 Å². The first-order valence-electron chi connectivity index (χ1n) is 7.68. The Kier molecular flexibility index (Phi) is 5.40. The number of nitrogens with zero attached hydrogens (tertiary/aromatic N) is 2. The summed E-state index contributed by atoms with van der Waals surface area (Å²) in [6.45, 7) is 9.46. The van der Waals surface area contributed by atoms with Gasteiger partial charge in [-0.1, -0.05) is 20.8 Å². The van der Waals surface area contributed by atoms with E-state index in [0.717, 1.165) is 39.0 Å². The second-order valence-electron chi connectivity index (χ2n) is 5.28. The van der Waals surface area contributed by atoms with Gasteiger partial charge in [0.1, 0.15) is 0 Å². The molecule has 19 heavy (non-hydrogen) atoms. The summed E-state index contributed by atoms with van der Waals surface area (Å²) in [5.74, 6) is 0.567. The van der Waals surface area contributed by atoms with E-state index >= 15 is 0 Å². The van der Waals surface area contributed by atoms with Gasteiger partial charge in [0.2, 0.25) is 0 Å². The molecule has 1 aliphatic rings. The molecule has 0 radical (unpaired) electrons. The summed E-state index contributed by atoms with van der Waals surface area (Å²) in [5.41, 5.74) is 1.32. The molecule has 0 amide bonds. The lowest BCUT2D eigenvalue weighted by atomic mass is 9.89. The number of hydrogen-bond donors (Lipinski definition) is 1. The molecular formula is C15H27N3O. The third-order valence-electron chi connectivity index (χ3n) is 4.02. The molecule has 1 fully saturated rings. The average Bonchev–Trinajstić information content (AvgIpc) is 3.05. The molecule has 2 rings (SSSR count). The molecule has 1 N–H and O–H groups in total. The van der Waals surface area contributed by atoms with Gasteiger partial charge in [0, 0.05) is 25.3 Å². The normalized spacial score (nSPS) is 24.8. The van der Waals surface area contributed by atoms with Gasteiger partial charge in [0.15, 0.2) is 0 Å². The van der Waals surface area contributed by atoms with Gasteiger partial charge < -0.3 is 10.1 Å². The predicted octanol–water partition coefficient (Wildman–Crippen LogP) is 2.76. The van der Waals surface area contributed by atoms with E-state index in [-0.39, 0.29) is 0 Å². The van der Waals surface area contributed by atoms with Crippen molar-refractivity contribution in [2.75, 3.05) is 13.2 Å². The van der Waals surface area contributed by atoms with Gasteiger partial charge in [-0.3, -0.25) is 4.68 Å². The van der Waals surface area contributed by atoms with Crippen LogP contribution in [0, 0.1) is 5.92 Å². The molecular weight excluding hydrogens is 238 g/mol. The second kappa shape index (κ2) is 7.06. The fraction of sp³-hybridized carbons (Fsp3) is 0.800. The van der Waals surface area contributed by atoms with E-state index in [4.69, 9.17) is 4.74 Å². The maximum absolute atomic E-state index is 5.87. The maximum Gasteiger partial charge on any atom is 0.0620 e. The smallest absolute Gasteiger partial charge is 0.0620 e. The van der Waals surface area contributed by atoms with Gasteiger partial charge >= 0.3 is 0 Å². The molecule has 1 saturated heterocycles. The van der Waals surface area contributed by atoms with E-state index < -0.39 is 0 Å². The SMILES string of the molecule is CCCn1nccc1C(NCC)C1CCOC1CC. The summed E-state index contributed by atoms with van der Waals surface area (Å²) >= 11 is 0. The molecule has 0 aliphatic carbocycles. The van der Waals surface area contributed by atoms with Gasteiger partial charge in [-0.05, 0) is 31.9 Å². The van der Waals surface area contributed by atoms with Crippen LogP contribution in [0.1, 0.15) is 51.8 Å². The Balaban J connectivity index is 2.21. The van der Waals surface area contributed by atoms with Gasteiger partial charge in [-0.15, -0.1) is 0 Å². The van der Waals surface area contributed by atoms with Crippen LogP contribution in [0.2, 0.25) is 0 Å². The topological polar surface area (TPSA) is 39.1 Å². The van der Waals surface area contributed by atoms with Gasteiger partial charge in [0.25, 0.3) is 0 Å². The minimum absolute atomic E-state index is 0.367. The molecule has 4 heteroatoms. The van der Waals surface area contributed by atoms with Gasteiger partial charge in [-0.25, -0.2) is 0 Å². The van der Waals surface area contributed by atoms with Crippen LogP contribution >= 0.6 is 0 Å². The minimum Gasteiger partial charge on any atom is -0.378 e. The molecule has 4 nitrogen and oxygen atoms in total. The highest BCUT2D eigenvalue weighted by Gasteiger charge is 2.35. The first-order valence-corrected chi connectivity index (χ1v) is 7.68. The number of aromatic nitrogens is 2. The highest BCUT2D eigenvalue weighted by Crippen LogP contribution is 2.34. The van der Waals surface area contributed by atoms with E-state index in [2.05, 4.69) is 41.9 Å². The molecule has 1 aliphatic heterocycles. The molecule has 0 aromatic carbocycles. The summed E-state index contributed by atoms with van der Waals surface area (Å²) in [6, 6.07) is 2.53. The Hall–Kier alpha value is -0.870. The number of ether oxygens (including phenoxy) is 1. The maximum atomic E-state index is 5.87. The largest absolute Gasteiger partial charge is 0.378 e. The fourth-order valence-corrected chi connectivity index (χ4v) is 3.17. The van der Waals surface area contributed by atoms with Crippen molar-refractivity contribution < 1.29 is 4.74 Å². The standard InChI is InChI=1S/C15H27N3O/c1-4-10-18-13(7-9-17-18)15(16-6-3)12-8-11-19-14(12)5-2/h7,9,12,14-16H,4-6,8,10-11H2,1-3H3. The summed E-state index contributed by atoms with van der Waals surface area (Å²) in [5, 5.41) is 8.12. The van der Waals surface area contributed by atoms with E-state index in [9.17, 15) is 0 Å². The Morgan fingerprint density at radius 1 is 1.47 bits per heavy atom. The highest BCUT2D eigenvalue weighted by atomic mass is 16.5. The Labute approximate surface area is 116 Å². The molecule has 0 spiro atoms. The zero-order chi connectivity index (χ0) is 13.7. The molecule has 2 heterocycles. The van der Waals surface area contributed by atoms with Crippen LogP contribution in [0.25, 0.3) is 0 Å². The van der Waals surface area contributed by atoms with Crippen molar-refractivity contribution >= 4 is 0 Å². The van der Waals surface area contributed by atoms with Gasteiger partial charge in [-0.2, -0.15) is 5.10 Å². The highest BCUT2D eigenvalue weighted by molar-refractivity contribution is 5.10. The van der Waals surface area contributed by atoms with Crippen molar-refractivity contribution in [1.82, 2.24) is 15.1 Å². The summed E-state index contributed by atoms with van der Waals surface area (Å²) in [7, 11) is 0. The zero-order valence-corrected chi connectivity index (χ0v) is 12.4. The summed E-state index contributed by atoms with van der Waals surface area (Å²) in [6.07, 6.45) is 5.66. The average molecular weight is 265 g/mol. The van der Waals surface area contributed by atoms with Crippen molar-refractivity contribution in [3.63, 3.8) is 0 Å². The van der Waals surface area contributed by atoms with Crippen molar-refractivity contribution in [2.24, 2.45) is 5.92 Å². The monoisotopic (exact) mass is 265 g/mol. The van der Waals surface area contributed by atoms with E-state index in [1.165, 1.54) is 5.69 Å². The van der Waals surface area contributed by atoms with Crippen LogP contribution in [-0.4, -0.2) is 29.0 Å². The fourth-order valence-electron chi connectivity index (χ4n) is 3.17. The Morgan fingerprint density at radius 3 is 3.00 bits per heavy atom.